The molecule has 4 aromatic rings. The summed E-state index contributed by atoms with van der Waals surface area (Å²) in [5.74, 6) is 0.662. The number of carbonyl (C=O) groups excluding carboxylic acids is 1. The Bertz CT molecular complexity index is 1060. The van der Waals surface area contributed by atoms with E-state index >= 15 is 0 Å². The minimum Gasteiger partial charge on any atom is -0.456 e. The van der Waals surface area contributed by atoms with E-state index in [2.05, 4.69) is 15.4 Å². The van der Waals surface area contributed by atoms with Gasteiger partial charge in [-0.25, -0.2) is 9.67 Å². The van der Waals surface area contributed by atoms with Crippen molar-refractivity contribution < 1.29 is 9.21 Å². The molecule has 0 aliphatic rings. The van der Waals surface area contributed by atoms with E-state index in [-0.39, 0.29) is 11.7 Å². The molecule has 1 amide bonds. The summed E-state index contributed by atoms with van der Waals surface area (Å²) in [5, 5.41) is 8.26. The van der Waals surface area contributed by atoms with Crippen molar-refractivity contribution in [2.75, 3.05) is 5.32 Å². The lowest BCUT2D eigenvalue weighted by Gasteiger charge is -2.05. The molecule has 3 heterocycles. The number of carbonyl (C=O) groups is 1. The van der Waals surface area contributed by atoms with Crippen molar-refractivity contribution in [2.24, 2.45) is 0 Å². The van der Waals surface area contributed by atoms with E-state index in [9.17, 15) is 4.79 Å². The number of nitrogens with zero attached hydrogens (tertiary/aromatic N) is 3. The Morgan fingerprint density at radius 3 is 2.64 bits per heavy atom. The van der Waals surface area contributed by atoms with E-state index < -0.39 is 0 Å². The van der Waals surface area contributed by atoms with Gasteiger partial charge in [0.05, 0.1) is 23.3 Å². The zero-order chi connectivity index (χ0) is 17.4. The summed E-state index contributed by atoms with van der Waals surface area (Å²) >= 11 is 0. The standard InChI is InChI=1S/C19H16N4O2/c1-12-8-9-17(25-12)19(24)21-14-10-16-13(2)22-23(18(16)20-11-14)15-6-4-3-5-7-15/h3-11H,1-2H3,(H,21,24). The van der Waals surface area contributed by atoms with Crippen LogP contribution in [0.25, 0.3) is 16.7 Å². The predicted octanol–water partition coefficient (Wildman–Crippen LogP) is 3.88. The maximum Gasteiger partial charge on any atom is 0.291 e. The lowest BCUT2D eigenvalue weighted by Crippen LogP contribution is -2.11. The number of benzene rings is 1. The van der Waals surface area contributed by atoms with E-state index in [4.69, 9.17) is 4.42 Å². The SMILES string of the molecule is Cc1ccc(C(=O)Nc2cnc3c(c2)c(C)nn3-c2ccccc2)o1. The Balaban J connectivity index is 1.69. The monoisotopic (exact) mass is 332 g/mol. The molecule has 25 heavy (non-hydrogen) atoms. The molecule has 0 unspecified atom stereocenters. The number of fused-ring (bicyclic) bond motifs is 1. The second-order valence-corrected chi connectivity index (χ2v) is 5.79. The van der Waals surface area contributed by atoms with Gasteiger partial charge in [0.2, 0.25) is 0 Å². The molecule has 0 aliphatic carbocycles. The zero-order valence-corrected chi connectivity index (χ0v) is 13.9. The summed E-state index contributed by atoms with van der Waals surface area (Å²) in [6, 6.07) is 15.1. The van der Waals surface area contributed by atoms with E-state index in [0.29, 0.717) is 11.4 Å². The summed E-state index contributed by atoms with van der Waals surface area (Å²) in [4.78, 5) is 16.7. The number of amides is 1. The highest BCUT2D eigenvalue weighted by Gasteiger charge is 2.14. The van der Waals surface area contributed by atoms with Gasteiger partial charge in [0.15, 0.2) is 11.4 Å². The van der Waals surface area contributed by atoms with Gasteiger partial charge in [-0.3, -0.25) is 4.79 Å². The molecule has 0 aliphatic heterocycles. The molecule has 6 heteroatoms. The van der Waals surface area contributed by atoms with Gasteiger partial charge >= 0.3 is 0 Å². The molecular weight excluding hydrogens is 316 g/mol. The van der Waals surface area contributed by atoms with Gasteiger partial charge in [0.1, 0.15) is 5.76 Å². The van der Waals surface area contributed by atoms with Gasteiger partial charge in [-0.05, 0) is 44.2 Å². The average Bonchev–Trinajstić information content (AvgIpc) is 3.20. The molecule has 1 N–H and O–H groups in total. The molecule has 0 saturated carbocycles. The molecule has 0 bridgehead atoms. The number of para-hydroxylation sites is 1. The first-order valence-electron chi connectivity index (χ1n) is 7.90. The predicted molar refractivity (Wildman–Crippen MR) is 95.0 cm³/mol. The fourth-order valence-corrected chi connectivity index (χ4v) is 2.71. The van der Waals surface area contributed by atoms with Crippen molar-refractivity contribution in [3.8, 4) is 5.69 Å². The summed E-state index contributed by atoms with van der Waals surface area (Å²) in [6.07, 6.45) is 1.62. The van der Waals surface area contributed by atoms with Crippen molar-refractivity contribution in [3.05, 3.63) is 71.9 Å². The van der Waals surface area contributed by atoms with Crippen LogP contribution >= 0.6 is 0 Å². The second-order valence-electron chi connectivity index (χ2n) is 5.79. The van der Waals surface area contributed by atoms with E-state index in [1.165, 1.54) is 0 Å². The molecule has 0 saturated heterocycles. The zero-order valence-electron chi connectivity index (χ0n) is 13.9. The van der Waals surface area contributed by atoms with Crippen molar-refractivity contribution in [2.45, 2.75) is 13.8 Å². The summed E-state index contributed by atoms with van der Waals surface area (Å²) in [7, 11) is 0. The Morgan fingerprint density at radius 1 is 1.12 bits per heavy atom. The summed E-state index contributed by atoms with van der Waals surface area (Å²) in [5.41, 5.74) is 3.13. The van der Waals surface area contributed by atoms with E-state index in [1.54, 1.807) is 29.9 Å². The number of nitrogens with one attached hydrogen (secondary N) is 1. The van der Waals surface area contributed by atoms with E-state index in [1.807, 2.05) is 43.3 Å². The molecular formula is C19H16N4O2. The molecule has 4 rings (SSSR count). The second kappa shape index (κ2) is 5.90. The molecule has 6 nitrogen and oxygen atoms in total. The third-order valence-corrected chi connectivity index (χ3v) is 3.93. The third kappa shape index (κ3) is 2.78. The van der Waals surface area contributed by atoms with Crippen LogP contribution in [0.15, 0.2) is 59.1 Å². The van der Waals surface area contributed by atoms with Gasteiger partial charge in [-0.15, -0.1) is 0 Å². The normalized spacial score (nSPS) is 11.0. The first kappa shape index (κ1) is 15.1. The smallest absolute Gasteiger partial charge is 0.291 e. The van der Waals surface area contributed by atoms with Crippen LogP contribution in [0.4, 0.5) is 5.69 Å². The number of aryl methyl sites for hydroxylation is 2. The van der Waals surface area contributed by atoms with Crippen molar-refractivity contribution >= 4 is 22.6 Å². The molecule has 0 fully saturated rings. The van der Waals surface area contributed by atoms with Gasteiger partial charge in [-0.1, -0.05) is 18.2 Å². The van der Waals surface area contributed by atoms with Gasteiger partial charge in [-0.2, -0.15) is 5.10 Å². The van der Waals surface area contributed by atoms with Crippen molar-refractivity contribution in [1.29, 1.82) is 0 Å². The number of rotatable bonds is 3. The number of furan rings is 1. The molecule has 0 spiro atoms. The molecule has 0 atom stereocenters. The van der Waals surface area contributed by atoms with Crippen LogP contribution in [0.3, 0.4) is 0 Å². The fourth-order valence-electron chi connectivity index (χ4n) is 2.71. The minimum atomic E-state index is -0.303. The topological polar surface area (TPSA) is 73.0 Å². The quantitative estimate of drug-likeness (QED) is 0.618. The lowest BCUT2D eigenvalue weighted by atomic mass is 10.2. The van der Waals surface area contributed by atoms with Crippen LogP contribution in [0, 0.1) is 13.8 Å². The van der Waals surface area contributed by atoms with Crippen LogP contribution in [-0.4, -0.2) is 20.7 Å². The number of hydrogen-bond donors (Lipinski definition) is 1. The summed E-state index contributed by atoms with van der Waals surface area (Å²) in [6.45, 7) is 3.72. The Kier molecular flexibility index (Phi) is 3.57. The largest absolute Gasteiger partial charge is 0.456 e. The van der Waals surface area contributed by atoms with Gasteiger partial charge in [0.25, 0.3) is 5.91 Å². The van der Waals surface area contributed by atoms with Crippen LogP contribution in [-0.2, 0) is 0 Å². The number of anilines is 1. The average molecular weight is 332 g/mol. The van der Waals surface area contributed by atoms with Crippen LogP contribution in [0.5, 0.6) is 0 Å². The molecule has 3 aromatic heterocycles. The molecule has 124 valence electrons. The summed E-state index contributed by atoms with van der Waals surface area (Å²) < 4.78 is 7.14. The van der Waals surface area contributed by atoms with Crippen molar-refractivity contribution in [1.82, 2.24) is 14.8 Å². The first-order chi connectivity index (χ1) is 12.1. The molecule has 0 radical (unpaired) electrons. The first-order valence-corrected chi connectivity index (χ1v) is 7.90. The number of hydrogen-bond acceptors (Lipinski definition) is 4. The number of pyridine rings is 1. The van der Waals surface area contributed by atoms with Crippen LogP contribution < -0.4 is 5.32 Å². The van der Waals surface area contributed by atoms with E-state index in [0.717, 1.165) is 22.4 Å². The third-order valence-electron chi connectivity index (χ3n) is 3.93. The highest BCUT2D eigenvalue weighted by molar-refractivity contribution is 6.03. The highest BCUT2D eigenvalue weighted by atomic mass is 16.3. The Morgan fingerprint density at radius 2 is 1.92 bits per heavy atom. The molecule has 1 aromatic carbocycles. The van der Waals surface area contributed by atoms with Crippen LogP contribution in [0.2, 0.25) is 0 Å². The van der Waals surface area contributed by atoms with Gasteiger partial charge < -0.3 is 9.73 Å². The lowest BCUT2D eigenvalue weighted by molar-refractivity contribution is 0.0995. The number of aromatic nitrogens is 3. The Labute approximate surface area is 144 Å². The fraction of sp³-hybridized carbons (Fsp3) is 0.105. The maximum absolute atomic E-state index is 12.2. The van der Waals surface area contributed by atoms with Crippen molar-refractivity contribution in [3.63, 3.8) is 0 Å². The van der Waals surface area contributed by atoms with Crippen LogP contribution in [0.1, 0.15) is 22.0 Å². The Hall–Kier alpha value is -3.41. The highest BCUT2D eigenvalue weighted by Crippen LogP contribution is 2.23. The maximum atomic E-state index is 12.2. The van der Waals surface area contributed by atoms with Gasteiger partial charge in [0, 0.05) is 5.39 Å². The minimum absolute atomic E-state index is 0.272.